The Bertz CT molecular complexity index is 1260. The van der Waals surface area contributed by atoms with Crippen molar-refractivity contribution in [2.45, 2.75) is 31.2 Å². The normalized spacial score (nSPS) is 22.7. The van der Waals surface area contributed by atoms with Gasteiger partial charge in [-0.3, -0.25) is 19.7 Å². The second-order valence-corrected chi connectivity index (χ2v) is 8.27. The summed E-state index contributed by atoms with van der Waals surface area (Å²) in [5, 5.41) is 5.29. The van der Waals surface area contributed by atoms with Gasteiger partial charge < -0.3 is 10.3 Å². The summed E-state index contributed by atoms with van der Waals surface area (Å²) in [6.07, 6.45) is 0.817. The number of rotatable bonds is 4. The molecule has 2 aliphatic rings. The molecule has 1 unspecified atom stereocenters. The summed E-state index contributed by atoms with van der Waals surface area (Å²) >= 11 is 0. The number of carbonyl (C=O) groups is 3. The third-order valence-corrected chi connectivity index (χ3v) is 6.18. The molecule has 2 aromatic carbocycles. The van der Waals surface area contributed by atoms with Crippen molar-refractivity contribution in [1.29, 1.82) is 0 Å². The van der Waals surface area contributed by atoms with Gasteiger partial charge in [-0.25, -0.2) is 13.2 Å². The van der Waals surface area contributed by atoms with E-state index in [1.54, 1.807) is 12.1 Å². The van der Waals surface area contributed by atoms with Gasteiger partial charge in [-0.2, -0.15) is 0 Å². The van der Waals surface area contributed by atoms with Crippen LogP contribution in [0.25, 0.3) is 22.2 Å². The second kappa shape index (κ2) is 7.51. The average molecular weight is 441 g/mol. The van der Waals surface area contributed by atoms with E-state index < -0.39 is 41.1 Å². The predicted octanol–water partition coefficient (Wildman–Crippen LogP) is 3.28. The lowest BCUT2D eigenvalue weighted by atomic mass is 9.74. The molecular weight excluding hydrogens is 423 g/mol. The third kappa shape index (κ3) is 3.43. The van der Waals surface area contributed by atoms with Crippen LogP contribution in [0.3, 0.4) is 0 Å². The molecule has 1 aromatic heterocycles. The number of halogens is 3. The van der Waals surface area contributed by atoms with Crippen LogP contribution in [-0.4, -0.2) is 28.7 Å². The number of imide groups is 1. The average Bonchev–Trinajstić information content (AvgIpc) is 3.24. The van der Waals surface area contributed by atoms with Crippen LogP contribution in [0, 0.1) is 23.4 Å². The molecule has 9 heteroatoms. The number of amides is 3. The van der Waals surface area contributed by atoms with Crippen molar-refractivity contribution in [3.05, 3.63) is 59.4 Å². The van der Waals surface area contributed by atoms with Crippen LogP contribution < -0.4 is 10.6 Å². The zero-order valence-electron chi connectivity index (χ0n) is 16.7. The summed E-state index contributed by atoms with van der Waals surface area (Å²) in [5.41, 5.74) is 2.06. The zero-order valence-corrected chi connectivity index (χ0v) is 16.7. The van der Waals surface area contributed by atoms with E-state index in [-0.39, 0.29) is 23.9 Å². The number of aromatic nitrogens is 1. The summed E-state index contributed by atoms with van der Waals surface area (Å²) in [6.45, 7) is 0. The molecule has 0 spiro atoms. The Kier molecular flexibility index (Phi) is 4.76. The van der Waals surface area contributed by atoms with Gasteiger partial charge in [0.05, 0.1) is 11.2 Å². The van der Waals surface area contributed by atoms with Crippen molar-refractivity contribution >= 4 is 28.6 Å². The van der Waals surface area contributed by atoms with Gasteiger partial charge in [-0.15, -0.1) is 0 Å². The summed E-state index contributed by atoms with van der Waals surface area (Å²) in [7, 11) is 0. The van der Waals surface area contributed by atoms with Crippen LogP contribution in [0.5, 0.6) is 0 Å². The van der Waals surface area contributed by atoms with Gasteiger partial charge in [0.2, 0.25) is 17.7 Å². The van der Waals surface area contributed by atoms with Crippen molar-refractivity contribution in [2.75, 3.05) is 0 Å². The smallest absolute Gasteiger partial charge is 0.239 e. The van der Waals surface area contributed by atoms with E-state index in [4.69, 9.17) is 0 Å². The summed E-state index contributed by atoms with van der Waals surface area (Å²) in [6, 6.07) is 7.53. The Morgan fingerprint density at radius 1 is 1.00 bits per heavy atom. The van der Waals surface area contributed by atoms with E-state index >= 15 is 0 Å². The van der Waals surface area contributed by atoms with E-state index in [2.05, 4.69) is 15.6 Å². The third-order valence-electron chi connectivity index (χ3n) is 6.18. The Hall–Kier alpha value is -3.62. The monoisotopic (exact) mass is 441 g/mol. The molecule has 6 nitrogen and oxygen atoms in total. The van der Waals surface area contributed by atoms with Crippen molar-refractivity contribution in [3.8, 4) is 11.3 Å². The van der Waals surface area contributed by atoms with Gasteiger partial charge in [-0.1, -0.05) is 0 Å². The fraction of sp³-hybridized carbons (Fsp3) is 0.261. The first-order chi connectivity index (χ1) is 15.3. The molecule has 164 valence electrons. The standard InChI is InChI=1S/C23H18F3N3O3/c24-12-3-1-10(2-4-12)20-19(15-7-13(25)8-17(26)21(15)29-20)11-5-14(6-11)27-22(31)16-9-18(30)28-23(16)32/h1-4,7-8,11,14,16,29H,5-6,9H2,(H,27,31)(H,28,30,32). The van der Waals surface area contributed by atoms with E-state index in [1.807, 2.05) is 0 Å². The van der Waals surface area contributed by atoms with E-state index in [0.717, 1.165) is 6.07 Å². The molecule has 5 rings (SSSR count). The van der Waals surface area contributed by atoms with Gasteiger partial charge in [0, 0.05) is 23.9 Å². The Morgan fingerprint density at radius 2 is 1.72 bits per heavy atom. The van der Waals surface area contributed by atoms with E-state index in [1.165, 1.54) is 18.2 Å². The molecule has 1 aliphatic carbocycles. The van der Waals surface area contributed by atoms with Crippen LogP contribution in [0.4, 0.5) is 13.2 Å². The van der Waals surface area contributed by atoms with Gasteiger partial charge in [-0.05, 0) is 60.2 Å². The van der Waals surface area contributed by atoms with Crippen LogP contribution in [0.2, 0.25) is 0 Å². The second-order valence-electron chi connectivity index (χ2n) is 8.27. The van der Waals surface area contributed by atoms with Crippen LogP contribution in [0.15, 0.2) is 36.4 Å². The van der Waals surface area contributed by atoms with Crippen molar-refractivity contribution < 1.29 is 27.6 Å². The first-order valence-corrected chi connectivity index (χ1v) is 10.2. The maximum Gasteiger partial charge on any atom is 0.239 e. The Labute approximate surface area is 180 Å². The highest BCUT2D eigenvalue weighted by Crippen LogP contribution is 2.45. The van der Waals surface area contributed by atoms with Gasteiger partial charge in [0.25, 0.3) is 0 Å². The molecule has 2 fully saturated rings. The lowest BCUT2D eigenvalue weighted by Crippen LogP contribution is -2.47. The lowest BCUT2D eigenvalue weighted by Gasteiger charge is -2.37. The number of hydrogen-bond acceptors (Lipinski definition) is 3. The Morgan fingerprint density at radius 3 is 2.38 bits per heavy atom. The van der Waals surface area contributed by atoms with Crippen LogP contribution in [0.1, 0.15) is 30.7 Å². The number of carbonyl (C=O) groups excluding carboxylic acids is 3. The highest BCUT2D eigenvalue weighted by Gasteiger charge is 2.40. The lowest BCUT2D eigenvalue weighted by molar-refractivity contribution is -0.133. The summed E-state index contributed by atoms with van der Waals surface area (Å²) in [4.78, 5) is 38.4. The fourth-order valence-corrected chi connectivity index (χ4v) is 4.55. The number of nitrogens with one attached hydrogen (secondary N) is 3. The SMILES string of the molecule is O=C1CC(C(=O)NC2CC(c3c(-c4ccc(F)cc4)[nH]c4c(F)cc(F)cc34)C2)C(=O)N1. The van der Waals surface area contributed by atoms with E-state index in [0.29, 0.717) is 35.0 Å². The number of fused-ring (bicyclic) bond motifs is 1. The largest absolute Gasteiger partial charge is 0.353 e. The molecule has 0 bridgehead atoms. The molecule has 1 aliphatic heterocycles. The molecular formula is C23H18F3N3O3. The van der Waals surface area contributed by atoms with Crippen LogP contribution >= 0.6 is 0 Å². The first kappa shape index (κ1) is 20.3. The number of benzene rings is 2. The Balaban J connectivity index is 1.42. The quantitative estimate of drug-likeness (QED) is 0.429. The molecule has 2 heterocycles. The predicted molar refractivity (Wildman–Crippen MR) is 109 cm³/mol. The highest BCUT2D eigenvalue weighted by molar-refractivity contribution is 6.13. The molecule has 0 radical (unpaired) electrons. The molecule has 3 aromatic rings. The van der Waals surface area contributed by atoms with E-state index in [9.17, 15) is 27.6 Å². The zero-order chi connectivity index (χ0) is 22.6. The van der Waals surface area contributed by atoms with Gasteiger partial charge in [0.1, 0.15) is 23.4 Å². The topological polar surface area (TPSA) is 91.1 Å². The minimum Gasteiger partial charge on any atom is -0.353 e. The molecule has 3 N–H and O–H groups in total. The minimum absolute atomic E-state index is 0.116. The molecule has 1 saturated carbocycles. The maximum absolute atomic E-state index is 14.4. The number of aromatic amines is 1. The van der Waals surface area contributed by atoms with Crippen molar-refractivity contribution in [3.63, 3.8) is 0 Å². The molecule has 3 amide bonds. The first-order valence-electron chi connectivity index (χ1n) is 10.2. The van der Waals surface area contributed by atoms with Crippen molar-refractivity contribution in [1.82, 2.24) is 15.6 Å². The summed E-state index contributed by atoms with van der Waals surface area (Å²) in [5.74, 6) is -4.59. The van der Waals surface area contributed by atoms with Crippen LogP contribution in [-0.2, 0) is 14.4 Å². The van der Waals surface area contributed by atoms with Crippen molar-refractivity contribution in [2.24, 2.45) is 5.92 Å². The highest BCUT2D eigenvalue weighted by atomic mass is 19.1. The summed E-state index contributed by atoms with van der Waals surface area (Å²) < 4.78 is 41.8. The molecule has 1 saturated heterocycles. The number of hydrogen-bond donors (Lipinski definition) is 3. The number of H-pyrrole nitrogens is 1. The maximum atomic E-state index is 14.4. The molecule has 1 atom stereocenters. The minimum atomic E-state index is -1.03. The van der Waals surface area contributed by atoms with Gasteiger partial charge in [0.15, 0.2) is 0 Å². The van der Waals surface area contributed by atoms with Gasteiger partial charge >= 0.3 is 0 Å². The fourth-order valence-electron chi connectivity index (χ4n) is 4.55. The molecule has 32 heavy (non-hydrogen) atoms.